The van der Waals surface area contributed by atoms with Gasteiger partial charge in [-0.1, -0.05) is 97.9 Å². The second kappa shape index (κ2) is 11.9. The van der Waals surface area contributed by atoms with Crippen LogP contribution >= 0.6 is 0 Å². The Morgan fingerprint density at radius 3 is 1.50 bits per heavy atom. The van der Waals surface area contributed by atoms with Gasteiger partial charge in [-0.2, -0.15) is 0 Å². The van der Waals surface area contributed by atoms with E-state index in [0.717, 1.165) is 23.1 Å². The second-order valence-corrected chi connectivity index (χ2v) is 8.14. The molecule has 3 aromatic carbocycles. The number of benzene rings is 3. The smallest absolute Gasteiger partial charge is 0.115 e. The van der Waals surface area contributed by atoms with E-state index in [2.05, 4.69) is 43.3 Å². The van der Waals surface area contributed by atoms with Crippen molar-refractivity contribution in [1.29, 1.82) is 0 Å². The molecule has 4 atom stereocenters. The van der Waals surface area contributed by atoms with Crippen molar-refractivity contribution in [1.82, 2.24) is 0 Å². The summed E-state index contributed by atoms with van der Waals surface area (Å²) in [5.74, 6) is 0. The Balaban J connectivity index is 1.42. The van der Waals surface area contributed by atoms with Crippen molar-refractivity contribution in [2.45, 2.75) is 57.6 Å². The molecular weight excluding hydrogens is 400 g/mol. The average Bonchev–Trinajstić information content (AvgIpc) is 3.19. The highest BCUT2D eigenvalue weighted by atomic mass is 16.6. The Morgan fingerprint density at radius 2 is 1.03 bits per heavy atom. The van der Waals surface area contributed by atoms with Gasteiger partial charge in [0.2, 0.25) is 0 Å². The fourth-order valence-electron chi connectivity index (χ4n) is 4.07. The molecule has 0 aliphatic carbocycles. The minimum Gasteiger partial charge on any atom is -0.374 e. The van der Waals surface area contributed by atoms with Crippen LogP contribution in [-0.2, 0) is 38.8 Å². The Labute approximate surface area is 191 Å². The summed E-state index contributed by atoms with van der Waals surface area (Å²) in [7, 11) is 0. The first-order valence-electron chi connectivity index (χ1n) is 11.4. The predicted octanol–water partition coefficient (Wildman–Crippen LogP) is 5.55. The topological polar surface area (TPSA) is 36.9 Å². The summed E-state index contributed by atoms with van der Waals surface area (Å²) < 4.78 is 25.2. The lowest BCUT2D eigenvalue weighted by atomic mass is 10.1. The first-order chi connectivity index (χ1) is 15.8. The summed E-state index contributed by atoms with van der Waals surface area (Å²) in [6, 6.07) is 30.7. The molecule has 0 radical (unpaired) electrons. The third-order valence-corrected chi connectivity index (χ3v) is 5.77. The monoisotopic (exact) mass is 432 g/mol. The molecule has 0 bridgehead atoms. The Bertz CT molecular complexity index is 900. The summed E-state index contributed by atoms with van der Waals surface area (Å²) in [4.78, 5) is 0. The lowest BCUT2D eigenvalue weighted by Gasteiger charge is -2.25. The Kier molecular flexibility index (Phi) is 8.46. The lowest BCUT2D eigenvalue weighted by Crippen LogP contribution is -2.39. The van der Waals surface area contributed by atoms with Crippen molar-refractivity contribution < 1.29 is 18.9 Å². The Morgan fingerprint density at radius 1 is 0.594 bits per heavy atom. The van der Waals surface area contributed by atoms with Crippen LogP contribution in [0.5, 0.6) is 0 Å². The third-order valence-electron chi connectivity index (χ3n) is 5.77. The molecule has 0 aromatic heterocycles. The van der Waals surface area contributed by atoms with Crippen molar-refractivity contribution in [3.63, 3.8) is 0 Å². The van der Waals surface area contributed by atoms with Crippen LogP contribution in [0.3, 0.4) is 0 Å². The summed E-state index contributed by atoms with van der Waals surface area (Å²) >= 11 is 0. The molecule has 32 heavy (non-hydrogen) atoms. The molecule has 1 heterocycles. The molecule has 4 rings (SSSR count). The van der Waals surface area contributed by atoms with Gasteiger partial charge in [0.15, 0.2) is 0 Å². The van der Waals surface area contributed by atoms with Crippen LogP contribution in [0.2, 0.25) is 0 Å². The molecule has 1 aliphatic rings. The van der Waals surface area contributed by atoms with E-state index in [-0.39, 0.29) is 24.4 Å². The van der Waals surface area contributed by atoms with Crippen LogP contribution in [0.25, 0.3) is 0 Å². The molecular formula is C28H32O4. The lowest BCUT2D eigenvalue weighted by molar-refractivity contribution is -0.0898. The summed E-state index contributed by atoms with van der Waals surface area (Å²) in [5, 5.41) is 0. The van der Waals surface area contributed by atoms with Gasteiger partial charge in [-0.15, -0.1) is 0 Å². The third kappa shape index (κ3) is 6.27. The molecule has 1 saturated heterocycles. The van der Waals surface area contributed by atoms with Gasteiger partial charge in [0, 0.05) is 0 Å². The fourth-order valence-corrected chi connectivity index (χ4v) is 4.07. The van der Waals surface area contributed by atoms with Crippen LogP contribution in [0.4, 0.5) is 0 Å². The maximum absolute atomic E-state index is 6.41. The molecule has 4 heteroatoms. The molecule has 0 unspecified atom stereocenters. The van der Waals surface area contributed by atoms with Gasteiger partial charge in [0.1, 0.15) is 18.3 Å². The SMILES string of the molecule is CC[C@H]1O[C@H](COCc2ccccc2)[C@H](OCc2ccccc2)[C@H]1OCc1ccccc1. The second-order valence-electron chi connectivity index (χ2n) is 8.14. The van der Waals surface area contributed by atoms with Gasteiger partial charge in [-0.25, -0.2) is 0 Å². The molecule has 3 aromatic rings. The highest BCUT2D eigenvalue weighted by Crippen LogP contribution is 2.30. The van der Waals surface area contributed by atoms with Crippen LogP contribution in [0, 0.1) is 0 Å². The van der Waals surface area contributed by atoms with Gasteiger partial charge < -0.3 is 18.9 Å². The highest BCUT2D eigenvalue weighted by Gasteiger charge is 2.45. The van der Waals surface area contributed by atoms with Crippen LogP contribution in [0.15, 0.2) is 91.0 Å². The number of hydrogen-bond acceptors (Lipinski definition) is 4. The zero-order valence-electron chi connectivity index (χ0n) is 18.6. The average molecular weight is 433 g/mol. The maximum atomic E-state index is 6.41. The fraction of sp³-hybridized carbons (Fsp3) is 0.357. The van der Waals surface area contributed by atoms with Crippen molar-refractivity contribution in [2.24, 2.45) is 0 Å². The molecule has 0 amide bonds. The van der Waals surface area contributed by atoms with E-state index in [0.29, 0.717) is 26.4 Å². The van der Waals surface area contributed by atoms with Gasteiger partial charge >= 0.3 is 0 Å². The highest BCUT2D eigenvalue weighted by molar-refractivity contribution is 5.15. The van der Waals surface area contributed by atoms with Gasteiger partial charge in [0.25, 0.3) is 0 Å². The van der Waals surface area contributed by atoms with Gasteiger partial charge in [-0.05, 0) is 23.1 Å². The summed E-state index contributed by atoms with van der Waals surface area (Å²) in [6.07, 6.45) is 0.326. The molecule has 4 nitrogen and oxygen atoms in total. The maximum Gasteiger partial charge on any atom is 0.115 e. The first-order valence-corrected chi connectivity index (χ1v) is 11.4. The van der Waals surface area contributed by atoms with E-state index >= 15 is 0 Å². The zero-order chi connectivity index (χ0) is 22.0. The van der Waals surface area contributed by atoms with E-state index in [9.17, 15) is 0 Å². The Hall–Kier alpha value is -2.50. The molecule has 0 saturated carbocycles. The van der Waals surface area contributed by atoms with E-state index < -0.39 is 0 Å². The number of hydrogen-bond donors (Lipinski definition) is 0. The molecule has 168 valence electrons. The van der Waals surface area contributed by atoms with Crippen molar-refractivity contribution >= 4 is 0 Å². The number of ether oxygens (including phenoxy) is 4. The molecule has 0 spiro atoms. The van der Waals surface area contributed by atoms with Crippen LogP contribution < -0.4 is 0 Å². The molecule has 1 aliphatic heterocycles. The predicted molar refractivity (Wildman–Crippen MR) is 125 cm³/mol. The van der Waals surface area contributed by atoms with Crippen molar-refractivity contribution in [2.75, 3.05) is 6.61 Å². The van der Waals surface area contributed by atoms with Crippen molar-refractivity contribution in [3.05, 3.63) is 108 Å². The number of rotatable bonds is 11. The van der Waals surface area contributed by atoms with E-state index in [1.165, 1.54) is 0 Å². The minimum absolute atomic E-state index is 0.0233. The van der Waals surface area contributed by atoms with E-state index in [4.69, 9.17) is 18.9 Å². The molecule has 0 N–H and O–H groups in total. The van der Waals surface area contributed by atoms with E-state index in [1.54, 1.807) is 0 Å². The minimum atomic E-state index is -0.195. The quantitative estimate of drug-likeness (QED) is 0.398. The van der Waals surface area contributed by atoms with E-state index in [1.807, 2.05) is 54.6 Å². The standard InChI is InChI=1S/C28H32O4/c1-2-25-27(30-19-23-14-8-4-9-15-23)28(31-20-24-16-10-5-11-17-24)26(32-25)21-29-18-22-12-6-3-7-13-22/h3-17,25-28H,2,18-21H2,1H3/t25-,26-,27+,28+/m1/s1. The van der Waals surface area contributed by atoms with Gasteiger partial charge in [0.05, 0.1) is 32.5 Å². The largest absolute Gasteiger partial charge is 0.374 e. The van der Waals surface area contributed by atoms with Crippen LogP contribution in [-0.4, -0.2) is 31.0 Å². The van der Waals surface area contributed by atoms with Gasteiger partial charge in [-0.3, -0.25) is 0 Å². The first kappa shape index (κ1) is 22.7. The van der Waals surface area contributed by atoms with Crippen molar-refractivity contribution in [3.8, 4) is 0 Å². The normalized spacial score (nSPS) is 22.8. The summed E-state index contributed by atoms with van der Waals surface area (Å²) in [6.45, 7) is 4.21. The molecule has 1 fully saturated rings. The summed E-state index contributed by atoms with van der Waals surface area (Å²) in [5.41, 5.74) is 3.43. The van der Waals surface area contributed by atoms with Crippen LogP contribution in [0.1, 0.15) is 30.0 Å². The zero-order valence-corrected chi connectivity index (χ0v) is 18.6.